The zero-order valence-electron chi connectivity index (χ0n) is 7.83. The summed E-state index contributed by atoms with van der Waals surface area (Å²) in [6.45, 7) is 3.96. The zero-order chi connectivity index (χ0) is 9.35. The first-order chi connectivity index (χ1) is 5.48. The van der Waals surface area contributed by atoms with Crippen LogP contribution in [0, 0.1) is 11.3 Å². The molecule has 0 aliphatic heterocycles. The maximum absolute atomic E-state index is 10.9. The molecule has 0 radical (unpaired) electrons. The topological polar surface area (TPSA) is 46.5 Å². The number of aliphatic hydroxyl groups excluding tert-OH is 1. The van der Waals surface area contributed by atoms with Crippen molar-refractivity contribution in [3.05, 3.63) is 0 Å². The quantitative estimate of drug-likeness (QED) is 0.631. The van der Waals surface area contributed by atoms with Gasteiger partial charge in [0.2, 0.25) is 0 Å². The molecule has 0 spiro atoms. The van der Waals surface area contributed by atoms with Crippen LogP contribution in [0.3, 0.4) is 0 Å². The predicted molar refractivity (Wildman–Crippen MR) is 44.5 cm³/mol. The first-order valence-corrected chi connectivity index (χ1v) is 4.23. The fraction of sp³-hybridized carbons (Fsp3) is 0.889. The van der Waals surface area contributed by atoms with Crippen molar-refractivity contribution in [2.45, 2.75) is 32.8 Å². The lowest BCUT2D eigenvalue weighted by Crippen LogP contribution is -2.49. The van der Waals surface area contributed by atoms with E-state index in [0.717, 1.165) is 6.42 Å². The summed E-state index contributed by atoms with van der Waals surface area (Å²) in [5.41, 5.74) is -0.117. The number of carbonyl (C=O) groups excluding carboxylic acids is 1. The summed E-state index contributed by atoms with van der Waals surface area (Å²) in [6, 6.07) is 0. The third kappa shape index (κ3) is 1.46. The van der Waals surface area contributed by atoms with Crippen LogP contribution in [0.2, 0.25) is 0 Å². The van der Waals surface area contributed by atoms with E-state index in [4.69, 9.17) is 0 Å². The highest BCUT2D eigenvalue weighted by atomic mass is 16.5. The third-order valence-electron chi connectivity index (χ3n) is 3.06. The van der Waals surface area contributed by atoms with Gasteiger partial charge in [-0.15, -0.1) is 0 Å². The second-order valence-corrected chi connectivity index (χ2v) is 4.05. The van der Waals surface area contributed by atoms with E-state index in [-0.39, 0.29) is 23.4 Å². The van der Waals surface area contributed by atoms with Crippen molar-refractivity contribution in [3.8, 4) is 0 Å². The molecule has 1 saturated carbocycles. The molecule has 1 N–H and O–H groups in total. The zero-order valence-corrected chi connectivity index (χ0v) is 7.83. The largest absolute Gasteiger partial charge is 0.469 e. The van der Waals surface area contributed by atoms with E-state index in [1.165, 1.54) is 7.11 Å². The van der Waals surface area contributed by atoms with Gasteiger partial charge in [-0.25, -0.2) is 0 Å². The van der Waals surface area contributed by atoms with Crippen LogP contribution < -0.4 is 0 Å². The monoisotopic (exact) mass is 172 g/mol. The van der Waals surface area contributed by atoms with Crippen LogP contribution in [0.4, 0.5) is 0 Å². The van der Waals surface area contributed by atoms with Gasteiger partial charge in [-0.2, -0.15) is 0 Å². The Morgan fingerprint density at radius 2 is 2.25 bits per heavy atom. The second-order valence-electron chi connectivity index (χ2n) is 4.05. The molecule has 0 heterocycles. The van der Waals surface area contributed by atoms with Crippen LogP contribution in [-0.4, -0.2) is 24.3 Å². The number of hydrogen-bond donors (Lipinski definition) is 1. The number of aliphatic hydroxyl groups is 1. The number of methoxy groups -OCH3 is 1. The standard InChI is InChI=1S/C9H16O3/c1-9(2)6(4-7(9)10)5-8(11)12-3/h6-7,10H,4-5H2,1-3H3/t6-,7-/m1/s1. The Labute approximate surface area is 72.7 Å². The highest BCUT2D eigenvalue weighted by Gasteiger charge is 2.47. The summed E-state index contributed by atoms with van der Waals surface area (Å²) >= 11 is 0. The van der Waals surface area contributed by atoms with Gasteiger partial charge >= 0.3 is 5.97 Å². The lowest BCUT2D eigenvalue weighted by atomic mass is 9.59. The first kappa shape index (κ1) is 9.52. The van der Waals surface area contributed by atoms with Gasteiger partial charge in [0.15, 0.2) is 0 Å². The molecule has 0 amide bonds. The van der Waals surface area contributed by atoms with Crippen molar-refractivity contribution in [2.75, 3.05) is 7.11 Å². The average molecular weight is 172 g/mol. The molecule has 1 aliphatic rings. The molecule has 0 aromatic rings. The van der Waals surface area contributed by atoms with Crippen LogP contribution in [0.1, 0.15) is 26.7 Å². The Balaban J connectivity index is 2.42. The van der Waals surface area contributed by atoms with Gasteiger partial charge in [0.25, 0.3) is 0 Å². The van der Waals surface area contributed by atoms with E-state index in [1.54, 1.807) is 0 Å². The van der Waals surface area contributed by atoms with Gasteiger partial charge in [0.05, 0.1) is 13.2 Å². The van der Waals surface area contributed by atoms with Crippen molar-refractivity contribution >= 4 is 5.97 Å². The first-order valence-electron chi connectivity index (χ1n) is 4.23. The molecular formula is C9H16O3. The fourth-order valence-corrected chi connectivity index (χ4v) is 1.62. The minimum atomic E-state index is -0.257. The molecule has 0 aromatic heterocycles. The van der Waals surface area contributed by atoms with Crippen molar-refractivity contribution in [3.63, 3.8) is 0 Å². The van der Waals surface area contributed by atoms with E-state index in [1.807, 2.05) is 13.8 Å². The molecule has 0 bridgehead atoms. The molecule has 2 atom stereocenters. The number of carbonyl (C=O) groups is 1. The van der Waals surface area contributed by atoms with Crippen molar-refractivity contribution in [2.24, 2.45) is 11.3 Å². The molecule has 12 heavy (non-hydrogen) atoms. The molecule has 0 saturated heterocycles. The van der Waals surface area contributed by atoms with E-state index in [9.17, 15) is 9.90 Å². The molecular weight excluding hydrogens is 156 g/mol. The molecule has 1 rings (SSSR count). The number of rotatable bonds is 2. The van der Waals surface area contributed by atoms with Crippen LogP contribution in [0.15, 0.2) is 0 Å². The average Bonchev–Trinajstić information content (AvgIpc) is 2.03. The smallest absolute Gasteiger partial charge is 0.305 e. The summed E-state index contributed by atoms with van der Waals surface area (Å²) < 4.78 is 4.56. The minimum absolute atomic E-state index is 0.117. The minimum Gasteiger partial charge on any atom is -0.469 e. The number of hydrogen-bond acceptors (Lipinski definition) is 3. The lowest BCUT2D eigenvalue weighted by Gasteiger charge is -2.48. The third-order valence-corrected chi connectivity index (χ3v) is 3.06. The van der Waals surface area contributed by atoms with E-state index >= 15 is 0 Å². The fourth-order valence-electron chi connectivity index (χ4n) is 1.62. The van der Waals surface area contributed by atoms with Crippen LogP contribution in [0.25, 0.3) is 0 Å². The van der Waals surface area contributed by atoms with Crippen LogP contribution >= 0.6 is 0 Å². The van der Waals surface area contributed by atoms with Gasteiger partial charge in [0, 0.05) is 6.42 Å². The lowest BCUT2D eigenvalue weighted by molar-refractivity contribution is -0.151. The summed E-state index contributed by atoms with van der Waals surface area (Å²) in [5, 5.41) is 9.38. The SMILES string of the molecule is COC(=O)C[C@H]1C[C@@H](O)C1(C)C. The van der Waals surface area contributed by atoms with E-state index in [0.29, 0.717) is 6.42 Å². The van der Waals surface area contributed by atoms with E-state index < -0.39 is 0 Å². The maximum Gasteiger partial charge on any atom is 0.305 e. The highest BCUT2D eigenvalue weighted by Crippen LogP contribution is 2.47. The molecule has 3 nitrogen and oxygen atoms in total. The van der Waals surface area contributed by atoms with Crippen molar-refractivity contribution in [1.82, 2.24) is 0 Å². The molecule has 0 unspecified atom stereocenters. The Kier molecular flexibility index (Phi) is 2.42. The van der Waals surface area contributed by atoms with Crippen molar-refractivity contribution < 1.29 is 14.6 Å². The molecule has 1 aliphatic carbocycles. The van der Waals surface area contributed by atoms with Gasteiger partial charge < -0.3 is 9.84 Å². The normalized spacial score (nSPS) is 32.3. The van der Waals surface area contributed by atoms with E-state index in [2.05, 4.69) is 4.74 Å². The van der Waals surface area contributed by atoms with Gasteiger partial charge in [-0.05, 0) is 17.8 Å². The summed E-state index contributed by atoms with van der Waals surface area (Å²) in [7, 11) is 1.39. The van der Waals surface area contributed by atoms with Gasteiger partial charge in [-0.3, -0.25) is 4.79 Å². The maximum atomic E-state index is 10.9. The Bertz CT molecular complexity index is 186. The van der Waals surface area contributed by atoms with Gasteiger partial charge in [0.1, 0.15) is 0 Å². The van der Waals surface area contributed by atoms with Gasteiger partial charge in [-0.1, -0.05) is 13.8 Å². The highest BCUT2D eigenvalue weighted by molar-refractivity contribution is 5.69. The van der Waals surface area contributed by atoms with Crippen LogP contribution in [0.5, 0.6) is 0 Å². The Morgan fingerprint density at radius 3 is 2.58 bits per heavy atom. The molecule has 1 fully saturated rings. The second kappa shape index (κ2) is 3.05. The molecule has 0 aromatic carbocycles. The summed E-state index contributed by atoms with van der Waals surface area (Å²) in [4.78, 5) is 10.9. The van der Waals surface area contributed by atoms with Crippen molar-refractivity contribution in [1.29, 1.82) is 0 Å². The predicted octanol–water partition coefficient (Wildman–Crippen LogP) is 0.956. The van der Waals surface area contributed by atoms with Crippen LogP contribution in [-0.2, 0) is 9.53 Å². The Hall–Kier alpha value is -0.570. The number of ether oxygens (including phenoxy) is 1. The Morgan fingerprint density at radius 1 is 1.67 bits per heavy atom. The molecule has 3 heteroatoms. The molecule has 70 valence electrons. The number of esters is 1. The summed E-state index contributed by atoms with van der Waals surface area (Å²) in [6.07, 6.45) is 0.898. The summed E-state index contributed by atoms with van der Waals surface area (Å²) in [5.74, 6) is 0.0972.